The van der Waals surface area contributed by atoms with E-state index in [1.54, 1.807) is 32.9 Å². The summed E-state index contributed by atoms with van der Waals surface area (Å²) in [6.45, 7) is 5.58. The molecular weight excluding hydrogens is 326 g/mol. The lowest BCUT2D eigenvalue weighted by molar-refractivity contribution is -0.137. The standard InChI is InChI=1S/C17H21N3O5/c1-4-20-12-6-5-10(9-11(12)18-15(24)16(20)25)14(23)19-17(2,3)8-7-13(21)22/h5-6,9H,4,7-8H2,1-3H3,(H,18,24)(H,19,23)(H,21,22). The van der Waals surface area contributed by atoms with Crippen molar-refractivity contribution in [2.45, 2.75) is 45.7 Å². The van der Waals surface area contributed by atoms with E-state index in [9.17, 15) is 19.2 Å². The van der Waals surface area contributed by atoms with Crippen LogP contribution in [0.3, 0.4) is 0 Å². The SMILES string of the molecule is CCn1c(=O)c(=O)[nH]c2cc(C(=O)NC(C)(C)CCC(=O)O)ccc21. The Kier molecular flexibility index (Phi) is 5.10. The summed E-state index contributed by atoms with van der Waals surface area (Å²) in [5.41, 5.74) is -0.833. The fourth-order valence-corrected chi connectivity index (χ4v) is 2.60. The molecule has 3 N–H and O–H groups in total. The van der Waals surface area contributed by atoms with Gasteiger partial charge in [-0.05, 0) is 45.4 Å². The summed E-state index contributed by atoms with van der Waals surface area (Å²) in [5.74, 6) is -1.31. The first-order chi connectivity index (χ1) is 11.6. The molecule has 0 spiro atoms. The fraction of sp³-hybridized carbons (Fsp3) is 0.412. The number of hydrogen-bond donors (Lipinski definition) is 3. The van der Waals surface area contributed by atoms with E-state index in [1.807, 2.05) is 0 Å². The molecule has 1 aromatic carbocycles. The zero-order valence-corrected chi connectivity index (χ0v) is 14.4. The summed E-state index contributed by atoms with van der Waals surface area (Å²) < 4.78 is 1.34. The predicted octanol–water partition coefficient (Wildman–Crippen LogP) is 1.08. The number of carbonyl (C=O) groups is 2. The number of H-pyrrole nitrogens is 1. The van der Waals surface area contributed by atoms with Gasteiger partial charge in [-0.25, -0.2) is 0 Å². The van der Waals surface area contributed by atoms with Crippen molar-refractivity contribution in [3.63, 3.8) is 0 Å². The summed E-state index contributed by atoms with van der Waals surface area (Å²) in [7, 11) is 0. The van der Waals surface area contributed by atoms with E-state index in [1.165, 1.54) is 10.6 Å². The quantitative estimate of drug-likeness (QED) is 0.675. The maximum atomic E-state index is 12.4. The number of aryl methyl sites for hydroxylation is 1. The summed E-state index contributed by atoms with van der Waals surface area (Å²) in [6, 6.07) is 4.68. The van der Waals surface area contributed by atoms with Gasteiger partial charge in [0.15, 0.2) is 0 Å². The average Bonchev–Trinajstić information content (AvgIpc) is 2.53. The predicted molar refractivity (Wildman–Crippen MR) is 92.9 cm³/mol. The molecule has 8 nitrogen and oxygen atoms in total. The highest BCUT2D eigenvalue weighted by atomic mass is 16.4. The highest BCUT2D eigenvalue weighted by Crippen LogP contribution is 2.15. The van der Waals surface area contributed by atoms with Gasteiger partial charge in [0.1, 0.15) is 0 Å². The van der Waals surface area contributed by atoms with Crippen molar-refractivity contribution >= 4 is 22.9 Å². The second kappa shape index (κ2) is 6.92. The highest BCUT2D eigenvalue weighted by molar-refractivity contribution is 5.97. The van der Waals surface area contributed by atoms with Gasteiger partial charge in [0.25, 0.3) is 5.91 Å². The van der Waals surface area contributed by atoms with Gasteiger partial charge in [-0.15, -0.1) is 0 Å². The van der Waals surface area contributed by atoms with E-state index < -0.39 is 22.6 Å². The van der Waals surface area contributed by atoms with Crippen LogP contribution in [0.1, 0.15) is 44.0 Å². The molecule has 0 atom stereocenters. The van der Waals surface area contributed by atoms with Crippen LogP contribution in [0.4, 0.5) is 0 Å². The zero-order chi connectivity index (χ0) is 18.8. The fourth-order valence-electron chi connectivity index (χ4n) is 2.60. The van der Waals surface area contributed by atoms with E-state index in [4.69, 9.17) is 5.11 Å². The number of carboxylic acids is 1. The Morgan fingerprint density at radius 2 is 1.96 bits per heavy atom. The second-order valence-electron chi connectivity index (χ2n) is 6.47. The van der Waals surface area contributed by atoms with Crippen LogP contribution in [0.25, 0.3) is 11.0 Å². The lowest BCUT2D eigenvalue weighted by Crippen LogP contribution is -2.43. The normalized spacial score (nSPS) is 11.5. The first kappa shape index (κ1) is 18.4. The van der Waals surface area contributed by atoms with Gasteiger partial charge in [-0.3, -0.25) is 19.2 Å². The number of amides is 1. The summed E-state index contributed by atoms with van der Waals surface area (Å²) in [5, 5.41) is 11.6. The largest absolute Gasteiger partial charge is 0.481 e. The van der Waals surface area contributed by atoms with Crippen LogP contribution in [0.15, 0.2) is 27.8 Å². The number of aromatic nitrogens is 2. The van der Waals surface area contributed by atoms with Crippen molar-refractivity contribution in [2.24, 2.45) is 0 Å². The molecule has 0 unspecified atom stereocenters. The number of carbonyl (C=O) groups excluding carboxylic acids is 1. The smallest absolute Gasteiger partial charge is 0.316 e. The summed E-state index contributed by atoms with van der Waals surface area (Å²) >= 11 is 0. The lowest BCUT2D eigenvalue weighted by Gasteiger charge is -2.25. The van der Waals surface area contributed by atoms with E-state index in [-0.39, 0.29) is 18.7 Å². The number of rotatable bonds is 6. The van der Waals surface area contributed by atoms with Crippen molar-refractivity contribution in [2.75, 3.05) is 0 Å². The molecule has 0 saturated carbocycles. The number of carboxylic acid groups (broad SMARTS) is 1. The minimum atomic E-state index is -0.928. The molecule has 0 radical (unpaired) electrons. The number of aliphatic carboxylic acids is 1. The maximum absolute atomic E-state index is 12.4. The third-order valence-corrected chi connectivity index (χ3v) is 3.97. The summed E-state index contributed by atoms with van der Waals surface area (Å²) in [6.07, 6.45) is 0.231. The third kappa shape index (κ3) is 4.14. The number of hydrogen-bond acceptors (Lipinski definition) is 4. The molecule has 1 amide bonds. The molecule has 0 aliphatic carbocycles. The Morgan fingerprint density at radius 3 is 2.56 bits per heavy atom. The molecule has 0 bridgehead atoms. The molecule has 2 aromatic rings. The molecule has 25 heavy (non-hydrogen) atoms. The second-order valence-corrected chi connectivity index (χ2v) is 6.47. The third-order valence-electron chi connectivity index (χ3n) is 3.97. The van der Waals surface area contributed by atoms with Crippen LogP contribution >= 0.6 is 0 Å². The van der Waals surface area contributed by atoms with Crippen molar-refractivity contribution in [3.8, 4) is 0 Å². The van der Waals surface area contributed by atoms with Crippen LogP contribution in [0, 0.1) is 0 Å². The van der Waals surface area contributed by atoms with Gasteiger partial charge in [0.05, 0.1) is 11.0 Å². The molecule has 0 aliphatic heterocycles. The van der Waals surface area contributed by atoms with Crippen LogP contribution < -0.4 is 16.4 Å². The van der Waals surface area contributed by atoms with Gasteiger partial charge in [-0.1, -0.05) is 0 Å². The molecule has 8 heteroatoms. The molecule has 1 heterocycles. The summed E-state index contributed by atoms with van der Waals surface area (Å²) in [4.78, 5) is 49.2. The molecule has 2 rings (SSSR count). The lowest BCUT2D eigenvalue weighted by atomic mass is 9.97. The van der Waals surface area contributed by atoms with Gasteiger partial charge in [-0.2, -0.15) is 0 Å². The van der Waals surface area contributed by atoms with Crippen molar-refractivity contribution in [1.82, 2.24) is 14.9 Å². The first-order valence-electron chi connectivity index (χ1n) is 7.96. The molecule has 134 valence electrons. The Morgan fingerprint density at radius 1 is 1.28 bits per heavy atom. The first-order valence-corrected chi connectivity index (χ1v) is 7.96. The average molecular weight is 347 g/mol. The van der Waals surface area contributed by atoms with Crippen LogP contribution in [-0.4, -0.2) is 32.1 Å². The van der Waals surface area contributed by atoms with Gasteiger partial charge in [0.2, 0.25) is 0 Å². The topological polar surface area (TPSA) is 121 Å². The minimum absolute atomic E-state index is 0.0545. The Labute approximate surface area is 143 Å². The van der Waals surface area contributed by atoms with E-state index in [2.05, 4.69) is 10.3 Å². The molecule has 0 fully saturated rings. The maximum Gasteiger partial charge on any atom is 0.316 e. The van der Waals surface area contributed by atoms with Crippen LogP contribution in [0.5, 0.6) is 0 Å². The number of benzene rings is 1. The minimum Gasteiger partial charge on any atom is -0.481 e. The number of fused-ring (bicyclic) bond motifs is 1. The van der Waals surface area contributed by atoms with E-state index in [0.29, 0.717) is 23.1 Å². The molecule has 0 aliphatic rings. The van der Waals surface area contributed by atoms with Crippen molar-refractivity contribution in [1.29, 1.82) is 0 Å². The Balaban J connectivity index is 2.34. The molecular formula is C17H21N3O5. The van der Waals surface area contributed by atoms with Crippen LogP contribution in [-0.2, 0) is 11.3 Å². The van der Waals surface area contributed by atoms with Crippen molar-refractivity contribution < 1.29 is 14.7 Å². The monoisotopic (exact) mass is 347 g/mol. The van der Waals surface area contributed by atoms with Crippen molar-refractivity contribution in [3.05, 3.63) is 44.5 Å². The van der Waals surface area contributed by atoms with E-state index >= 15 is 0 Å². The molecule has 1 aromatic heterocycles. The zero-order valence-electron chi connectivity index (χ0n) is 14.4. The molecule has 0 saturated heterocycles. The number of aromatic amines is 1. The van der Waals surface area contributed by atoms with E-state index in [0.717, 1.165) is 0 Å². The highest BCUT2D eigenvalue weighted by Gasteiger charge is 2.22. The number of nitrogens with zero attached hydrogens (tertiary/aromatic N) is 1. The van der Waals surface area contributed by atoms with Crippen LogP contribution in [0.2, 0.25) is 0 Å². The van der Waals surface area contributed by atoms with Gasteiger partial charge >= 0.3 is 17.1 Å². The Hall–Kier alpha value is -2.90. The number of nitrogens with one attached hydrogen (secondary N) is 2. The Bertz CT molecular complexity index is 939. The van der Waals surface area contributed by atoms with Gasteiger partial charge in [0, 0.05) is 24.1 Å². The van der Waals surface area contributed by atoms with Gasteiger partial charge < -0.3 is 20.0 Å².